The van der Waals surface area contributed by atoms with Gasteiger partial charge in [-0.05, 0) is 25.1 Å². The van der Waals surface area contributed by atoms with Crippen molar-refractivity contribution in [2.24, 2.45) is 0 Å². The van der Waals surface area contributed by atoms with Crippen molar-refractivity contribution in [3.05, 3.63) is 81.6 Å². The van der Waals surface area contributed by atoms with Crippen LogP contribution in [0.3, 0.4) is 0 Å². The Balaban J connectivity index is 1.74. The summed E-state index contributed by atoms with van der Waals surface area (Å²) in [6.07, 6.45) is 0.588. The fourth-order valence-electron chi connectivity index (χ4n) is 5.08. The summed E-state index contributed by atoms with van der Waals surface area (Å²) in [5, 5.41) is 14.5. The number of nitrogens with zero attached hydrogens (tertiary/aromatic N) is 2. The number of benzene rings is 2. The lowest BCUT2D eigenvalue weighted by atomic mass is 9.66. The van der Waals surface area contributed by atoms with Crippen LogP contribution in [0.15, 0.2) is 59.8 Å². The molecule has 1 spiro atoms. The van der Waals surface area contributed by atoms with Gasteiger partial charge in [0.15, 0.2) is 0 Å². The molecule has 1 atom stereocenters. The Bertz CT molecular complexity index is 1330. The summed E-state index contributed by atoms with van der Waals surface area (Å²) in [4.78, 5) is 27.0. The monoisotopic (exact) mass is 431 g/mol. The first kappa shape index (κ1) is 18.2. The number of anilines is 2. The van der Waals surface area contributed by atoms with Crippen LogP contribution in [0.5, 0.6) is 0 Å². The molecule has 7 nitrogen and oxygen atoms in total. The minimum Gasteiger partial charge on any atom is -0.352 e. The third kappa shape index (κ3) is 2.21. The van der Waals surface area contributed by atoms with Gasteiger partial charge in [0.1, 0.15) is 11.2 Å². The molecule has 3 aliphatic rings. The van der Waals surface area contributed by atoms with Crippen molar-refractivity contribution in [3.63, 3.8) is 0 Å². The molecule has 0 aliphatic carbocycles. The molecule has 0 bridgehead atoms. The quantitative estimate of drug-likeness (QED) is 0.551. The van der Waals surface area contributed by atoms with E-state index in [1.165, 1.54) is 0 Å². The van der Waals surface area contributed by atoms with E-state index in [-0.39, 0.29) is 11.8 Å². The highest BCUT2D eigenvalue weighted by Crippen LogP contribution is 2.56. The summed E-state index contributed by atoms with van der Waals surface area (Å²) in [5.41, 5.74) is 3.25. The van der Waals surface area contributed by atoms with Gasteiger partial charge in [-0.3, -0.25) is 9.59 Å². The number of fused-ring (bicyclic) bond motifs is 5. The van der Waals surface area contributed by atoms with Crippen LogP contribution in [-0.4, -0.2) is 28.1 Å². The Kier molecular flexibility index (Phi) is 3.65. The van der Waals surface area contributed by atoms with Crippen LogP contribution in [0.2, 0.25) is 5.02 Å². The van der Waals surface area contributed by atoms with Crippen LogP contribution in [-0.2, 0) is 15.0 Å². The van der Waals surface area contributed by atoms with Crippen LogP contribution in [0.1, 0.15) is 23.2 Å². The molecule has 3 N–H and O–H groups in total. The Morgan fingerprint density at radius 3 is 2.68 bits per heavy atom. The average molecular weight is 432 g/mol. The molecule has 0 saturated carbocycles. The van der Waals surface area contributed by atoms with E-state index in [0.29, 0.717) is 51.9 Å². The Hall–Kier alpha value is -3.58. The zero-order chi connectivity index (χ0) is 21.3. The summed E-state index contributed by atoms with van der Waals surface area (Å²) in [5.74, 6) is 0.146. The molecule has 0 radical (unpaired) electrons. The second-order valence-corrected chi connectivity index (χ2v) is 8.31. The highest BCUT2D eigenvalue weighted by molar-refractivity contribution is 6.35. The molecule has 4 heterocycles. The molecule has 8 heteroatoms. The third-order valence-corrected chi connectivity index (χ3v) is 6.58. The number of amides is 2. The van der Waals surface area contributed by atoms with Crippen molar-refractivity contribution < 1.29 is 9.59 Å². The van der Waals surface area contributed by atoms with Gasteiger partial charge in [0.2, 0.25) is 5.91 Å². The molecule has 6 rings (SSSR count). The lowest BCUT2D eigenvalue weighted by molar-refractivity contribution is -0.123. The predicted molar refractivity (Wildman–Crippen MR) is 117 cm³/mol. The molecule has 2 aromatic carbocycles. The number of hydrogen-bond acceptors (Lipinski definition) is 4. The van der Waals surface area contributed by atoms with Crippen LogP contribution in [0.4, 0.5) is 11.5 Å². The molecular weight excluding hydrogens is 414 g/mol. The molecule has 0 saturated heterocycles. The van der Waals surface area contributed by atoms with Crippen molar-refractivity contribution in [1.29, 1.82) is 0 Å². The average Bonchev–Trinajstić information content (AvgIpc) is 3.25. The van der Waals surface area contributed by atoms with Gasteiger partial charge in [-0.2, -0.15) is 5.10 Å². The van der Waals surface area contributed by atoms with Gasteiger partial charge in [-0.15, -0.1) is 0 Å². The summed E-state index contributed by atoms with van der Waals surface area (Å²) in [6.45, 7) is 2.36. The van der Waals surface area contributed by atoms with Crippen molar-refractivity contribution in [2.75, 3.05) is 17.2 Å². The van der Waals surface area contributed by atoms with Crippen LogP contribution >= 0.6 is 11.6 Å². The van der Waals surface area contributed by atoms with E-state index in [0.717, 1.165) is 11.4 Å². The molecule has 0 fully saturated rings. The number of carbonyl (C=O) groups excluding carboxylic acids is 2. The van der Waals surface area contributed by atoms with Gasteiger partial charge in [-0.25, -0.2) is 4.68 Å². The van der Waals surface area contributed by atoms with Gasteiger partial charge in [0.25, 0.3) is 5.91 Å². The third-order valence-electron chi connectivity index (χ3n) is 6.27. The number of para-hydroxylation sites is 2. The van der Waals surface area contributed by atoms with Crippen molar-refractivity contribution in [2.45, 2.75) is 18.8 Å². The number of nitrogens with one attached hydrogen (secondary N) is 3. The summed E-state index contributed by atoms with van der Waals surface area (Å²) >= 11 is 6.45. The number of rotatable bonds is 1. The molecule has 154 valence electrons. The first-order chi connectivity index (χ1) is 15.0. The second kappa shape index (κ2) is 6.21. The van der Waals surface area contributed by atoms with E-state index < -0.39 is 5.41 Å². The summed E-state index contributed by atoms with van der Waals surface area (Å²) in [6, 6.07) is 15.1. The van der Waals surface area contributed by atoms with E-state index in [1.807, 2.05) is 49.4 Å². The molecule has 31 heavy (non-hydrogen) atoms. The number of hydrogen-bond donors (Lipinski definition) is 3. The van der Waals surface area contributed by atoms with Gasteiger partial charge < -0.3 is 16.0 Å². The fourth-order valence-corrected chi connectivity index (χ4v) is 5.30. The Labute approximate surface area is 183 Å². The maximum Gasteiger partial charge on any atom is 0.250 e. The SMILES string of the molecule is Cc1nn(-c2ccccc2)c2c1C1(C(=O)Nc3c(Cl)cccc31)C1=C(CCNC1=O)N2. The molecular formula is C23H18ClN5O2. The van der Waals surface area contributed by atoms with Crippen LogP contribution in [0, 0.1) is 6.92 Å². The zero-order valence-electron chi connectivity index (χ0n) is 16.6. The standard InChI is InChI=1S/C23H18ClN5O2/c1-12-17-20(29(28-12)13-6-3-2-4-7-13)26-16-10-11-25-21(30)18(16)23(17)14-8-5-9-15(24)19(14)27-22(23)31/h2-9,26H,10-11H2,1H3,(H,25,30)(H,27,31). The van der Waals surface area contributed by atoms with Crippen molar-refractivity contribution in [1.82, 2.24) is 15.1 Å². The lowest BCUT2D eigenvalue weighted by Gasteiger charge is -2.38. The van der Waals surface area contributed by atoms with Gasteiger partial charge in [-0.1, -0.05) is 41.9 Å². The highest BCUT2D eigenvalue weighted by Gasteiger charge is 2.59. The summed E-state index contributed by atoms with van der Waals surface area (Å²) < 4.78 is 1.80. The van der Waals surface area contributed by atoms with Crippen molar-refractivity contribution in [3.8, 4) is 5.69 Å². The van der Waals surface area contributed by atoms with E-state index >= 15 is 0 Å². The van der Waals surface area contributed by atoms with Gasteiger partial charge in [0.05, 0.1) is 27.7 Å². The smallest absolute Gasteiger partial charge is 0.250 e. The van der Waals surface area contributed by atoms with Gasteiger partial charge in [0, 0.05) is 29.8 Å². The Morgan fingerprint density at radius 2 is 1.87 bits per heavy atom. The first-order valence-electron chi connectivity index (χ1n) is 10.1. The molecule has 1 aromatic heterocycles. The van der Waals surface area contributed by atoms with E-state index in [4.69, 9.17) is 16.7 Å². The fraction of sp³-hybridized carbons (Fsp3) is 0.174. The van der Waals surface area contributed by atoms with E-state index in [2.05, 4.69) is 16.0 Å². The summed E-state index contributed by atoms with van der Waals surface area (Å²) in [7, 11) is 0. The van der Waals surface area contributed by atoms with Crippen molar-refractivity contribution >= 4 is 34.9 Å². The number of carbonyl (C=O) groups is 2. The molecule has 3 aromatic rings. The van der Waals surface area contributed by atoms with Crippen LogP contribution < -0.4 is 16.0 Å². The minimum atomic E-state index is -1.32. The normalized spacial score (nSPS) is 21.2. The van der Waals surface area contributed by atoms with Gasteiger partial charge >= 0.3 is 0 Å². The first-order valence-corrected chi connectivity index (χ1v) is 10.5. The number of aryl methyl sites for hydroxylation is 1. The zero-order valence-corrected chi connectivity index (χ0v) is 17.4. The van der Waals surface area contributed by atoms with E-state index in [1.54, 1.807) is 10.7 Å². The lowest BCUT2D eigenvalue weighted by Crippen LogP contribution is -2.50. The molecule has 2 amide bonds. The van der Waals surface area contributed by atoms with E-state index in [9.17, 15) is 9.59 Å². The molecule has 1 unspecified atom stereocenters. The molecule has 3 aliphatic heterocycles. The van der Waals surface area contributed by atoms with Crippen LogP contribution in [0.25, 0.3) is 5.69 Å². The topological polar surface area (TPSA) is 88.1 Å². The largest absolute Gasteiger partial charge is 0.352 e. The minimum absolute atomic E-state index is 0.255. The maximum absolute atomic E-state index is 13.8. The maximum atomic E-state index is 13.8. The Morgan fingerprint density at radius 1 is 1.06 bits per heavy atom. The number of halogens is 1. The second-order valence-electron chi connectivity index (χ2n) is 7.91. The number of aromatic nitrogens is 2. The predicted octanol–water partition coefficient (Wildman–Crippen LogP) is 3.27. The highest BCUT2D eigenvalue weighted by atomic mass is 35.5.